The van der Waals surface area contributed by atoms with Crippen LogP contribution in [-0.2, 0) is 9.59 Å². The molecule has 2 unspecified atom stereocenters. The summed E-state index contributed by atoms with van der Waals surface area (Å²) in [6.45, 7) is 1.94. The van der Waals surface area contributed by atoms with E-state index in [2.05, 4.69) is 5.32 Å². The van der Waals surface area contributed by atoms with Crippen LogP contribution in [0.4, 0.5) is 0 Å². The van der Waals surface area contributed by atoms with Gasteiger partial charge in [0.2, 0.25) is 11.8 Å². The number of hydrogen-bond acceptors (Lipinski definition) is 4. The maximum absolute atomic E-state index is 12.2. The van der Waals surface area contributed by atoms with E-state index in [1.54, 1.807) is 4.90 Å². The third-order valence-corrected chi connectivity index (χ3v) is 3.96. The van der Waals surface area contributed by atoms with E-state index in [4.69, 9.17) is 0 Å². The van der Waals surface area contributed by atoms with Gasteiger partial charge < -0.3 is 20.2 Å². The number of carbonyl (C=O) groups excluding carboxylic acids is 2. The molecule has 0 bridgehead atoms. The first-order chi connectivity index (χ1) is 8.65. The molecule has 0 aromatic heterocycles. The first-order valence-electron chi connectivity index (χ1n) is 6.65. The summed E-state index contributed by atoms with van der Waals surface area (Å²) in [6, 6.07) is 0.112. The Hall–Kier alpha value is -0.850. The molecule has 7 heteroatoms. The lowest BCUT2D eigenvalue weighted by Crippen LogP contribution is -2.56. The van der Waals surface area contributed by atoms with E-state index >= 15 is 0 Å². The van der Waals surface area contributed by atoms with Crippen molar-refractivity contribution in [2.75, 3.05) is 26.2 Å². The second kappa shape index (κ2) is 5.64. The number of nitrogens with one attached hydrogen (secondary N) is 1. The molecule has 0 radical (unpaired) electrons. The van der Waals surface area contributed by atoms with Crippen molar-refractivity contribution < 1.29 is 14.7 Å². The van der Waals surface area contributed by atoms with Gasteiger partial charge in [0, 0.05) is 25.7 Å². The van der Waals surface area contributed by atoms with E-state index in [1.165, 1.54) is 0 Å². The molecular weight excluding hydrogens is 270 g/mol. The van der Waals surface area contributed by atoms with Crippen LogP contribution in [0.2, 0.25) is 0 Å². The van der Waals surface area contributed by atoms with Crippen LogP contribution in [0.3, 0.4) is 0 Å². The molecule has 1 saturated carbocycles. The van der Waals surface area contributed by atoms with Crippen molar-refractivity contribution in [2.45, 2.75) is 37.5 Å². The fourth-order valence-electron chi connectivity index (χ4n) is 2.77. The Bertz CT molecular complexity index is 375. The molecule has 3 aliphatic rings. The fourth-order valence-corrected chi connectivity index (χ4v) is 2.77. The van der Waals surface area contributed by atoms with Crippen molar-refractivity contribution in [3.05, 3.63) is 0 Å². The van der Waals surface area contributed by atoms with Crippen molar-refractivity contribution in [1.82, 2.24) is 15.1 Å². The molecule has 0 spiro atoms. The number of nitrogens with zero attached hydrogens (tertiary/aromatic N) is 2. The second-order valence-corrected chi connectivity index (χ2v) is 5.43. The van der Waals surface area contributed by atoms with E-state index < -0.39 is 6.10 Å². The molecule has 2 amide bonds. The molecule has 2 N–H and O–H groups in total. The van der Waals surface area contributed by atoms with Gasteiger partial charge in [-0.3, -0.25) is 9.59 Å². The number of β-amino-alcohol motifs (C(OH)–C–C–N with tert-alkyl or cyclic N) is 1. The van der Waals surface area contributed by atoms with Gasteiger partial charge in [-0.25, -0.2) is 0 Å². The first kappa shape index (κ1) is 14.6. The summed E-state index contributed by atoms with van der Waals surface area (Å²) >= 11 is 0. The first-order valence-corrected chi connectivity index (χ1v) is 6.65. The van der Waals surface area contributed by atoms with Gasteiger partial charge in [-0.15, -0.1) is 12.4 Å². The summed E-state index contributed by atoms with van der Waals surface area (Å²) in [5, 5.41) is 12.4. The van der Waals surface area contributed by atoms with Crippen LogP contribution in [0.25, 0.3) is 0 Å². The molecule has 2 saturated heterocycles. The smallest absolute Gasteiger partial charge is 0.242 e. The zero-order valence-electron chi connectivity index (χ0n) is 10.7. The highest BCUT2D eigenvalue weighted by atomic mass is 35.5. The lowest BCUT2D eigenvalue weighted by Gasteiger charge is -2.35. The van der Waals surface area contributed by atoms with Gasteiger partial charge in [0.15, 0.2) is 0 Å². The maximum Gasteiger partial charge on any atom is 0.242 e. The zero-order chi connectivity index (χ0) is 12.7. The predicted octanol–water partition coefficient (Wildman–Crippen LogP) is -1.04. The summed E-state index contributed by atoms with van der Waals surface area (Å²) in [6.07, 6.45) is 2.23. The fraction of sp³-hybridized carbons (Fsp3) is 0.833. The third kappa shape index (κ3) is 3.01. The van der Waals surface area contributed by atoms with E-state index in [-0.39, 0.29) is 36.8 Å². The lowest BCUT2D eigenvalue weighted by atomic mass is 10.1. The number of halogens is 1. The predicted molar refractivity (Wildman–Crippen MR) is 71.0 cm³/mol. The SMILES string of the molecule is Cl.O=C(C1CC(O)CN1)N1CCN(C2CC2)C(=O)C1. The topological polar surface area (TPSA) is 72.9 Å². The molecule has 2 aliphatic heterocycles. The van der Waals surface area contributed by atoms with Crippen molar-refractivity contribution in [3.8, 4) is 0 Å². The summed E-state index contributed by atoms with van der Waals surface area (Å²) in [7, 11) is 0. The van der Waals surface area contributed by atoms with Gasteiger partial charge in [-0.1, -0.05) is 0 Å². The van der Waals surface area contributed by atoms with Crippen LogP contribution in [0.5, 0.6) is 0 Å². The van der Waals surface area contributed by atoms with Gasteiger partial charge >= 0.3 is 0 Å². The summed E-state index contributed by atoms with van der Waals surface area (Å²) in [5.74, 6) is 0.0194. The van der Waals surface area contributed by atoms with Crippen molar-refractivity contribution >= 4 is 24.2 Å². The van der Waals surface area contributed by atoms with Crippen LogP contribution in [0, 0.1) is 0 Å². The number of piperazine rings is 1. The van der Waals surface area contributed by atoms with Crippen LogP contribution >= 0.6 is 12.4 Å². The molecule has 1 aliphatic carbocycles. The number of amides is 2. The molecule has 3 fully saturated rings. The van der Waals surface area contributed by atoms with Crippen LogP contribution in [0.1, 0.15) is 19.3 Å². The molecular formula is C12H20ClN3O3. The quantitative estimate of drug-likeness (QED) is 0.681. The minimum atomic E-state index is -0.442. The van der Waals surface area contributed by atoms with Gasteiger partial charge in [0.05, 0.1) is 18.7 Å². The maximum atomic E-state index is 12.2. The summed E-state index contributed by atoms with van der Waals surface area (Å²) < 4.78 is 0. The Morgan fingerprint density at radius 3 is 2.58 bits per heavy atom. The van der Waals surface area contributed by atoms with Gasteiger partial charge in [-0.05, 0) is 19.3 Å². The highest BCUT2D eigenvalue weighted by Gasteiger charge is 2.39. The Morgan fingerprint density at radius 2 is 2.05 bits per heavy atom. The van der Waals surface area contributed by atoms with Crippen molar-refractivity contribution in [2.24, 2.45) is 0 Å². The van der Waals surface area contributed by atoms with Crippen molar-refractivity contribution in [3.63, 3.8) is 0 Å². The number of aliphatic hydroxyl groups excluding tert-OH is 1. The number of rotatable bonds is 2. The van der Waals surface area contributed by atoms with E-state index in [0.717, 1.165) is 12.8 Å². The Morgan fingerprint density at radius 1 is 1.32 bits per heavy atom. The molecule has 0 aromatic carbocycles. The van der Waals surface area contributed by atoms with Crippen molar-refractivity contribution in [1.29, 1.82) is 0 Å². The lowest BCUT2D eigenvalue weighted by molar-refractivity contribution is -0.146. The Balaban J connectivity index is 0.00000133. The normalized spacial score (nSPS) is 31.3. The van der Waals surface area contributed by atoms with E-state index in [0.29, 0.717) is 32.1 Å². The van der Waals surface area contributed by atoms with Gasteiger partial charge in [-0.2, -0.15) is 0 Å². The van der Waals surface area contributed by atoms with Crippen LogP contribution in [-0.4, -0.2) is 71.1 Å². The molecule has 6 nitrogen and oxygen atoms in total. The minimum Gasteiger partial charge on any atom is -0.392 e. The average molecular weight is 290 g/mol. The molecule has 3 rings (SSSR count). The Kier molecular flexibility index (Phi) is 4.32. The Labute approximate surface area is 118 Å². The van der Waals surface area contributed by atoms with Crippen LogP contribution in [0.15, 0.2) is 0 Å². The molecule has 0 aromatic rings. The highest BCUT2D eigenvalue weighted by molar-refractivity contribution is 5.89. The molecule has 19 heavy (non-hydrogen) atoms. The number of aliphatic hydroxyl groups is 1. The summed E-state index contributed by atoms with van der Waals surface area (Å²) in [5.41, 5.74) is 0. The largest absolute Gasteiger partial charge is 0.392 e. The third-order valence-electron chi connectivity index (χ3n) is 3.96. The number of hydrogen-bond donors (Lipinski definition) is 2. The summed E-state index contributed by atoms with van der Waals surface area (Å²) in [4.78, 5) is 27.6. The zero-order valence-corrected chi connectivity index (χ0v) is 11.6. The highest BCUT2D eigenvalue weighted by Crippen LogP contribution is 2.28. The minimum absolute atomic E-state index is 0. The number of carbonyl (C=O) groups is 2. The monoisotopic (exact) mass is 289 g/mol. The van der Waals surface area contributed by atoms with E-state index in [1.807, 2.05) is 4.90 Å². The van der Waals surface area contributed by atoms with Crippen LogP contribution < -0.4 is 5.32 Å². The molecule has 2 heterocycles. The molecule has 2 atom stereocenters. The second-order valence-electron chi connectivity index (χ2n) is 5.43. The van der Waals surface area contributed by atoms with Gasteiger partial charge in [0.1, 0.15) is 0 Å². The van der Waals surface area contributed by atoms with E-state index in [9.17, 15) is 14.7 Å². The standard InChI is InChI=1S/C12H19N3O3.ClH/c16-9-5-10(13-6-9)12(18)14-3-4-15(8-1-2-8)11(17)7-14;/h8-10,13,16H,1-7H2;1H. The average Bonchev–Trinajstić information content (AvgIpc) is 3.10. The van der Waals surface area contributed by atoms with Gasteiger partial charge in [0.25, 0.3) is 0 Å². The molecule has 108 valence electrons.